The SMILES string of the molecule is CCCCCCCCCCCC[N+](C)(C)CCCC(C)C. The predicted octanol–water partition coefficient (Wildman–Crippen LogP) is 6.42. The fourth-order valence-electron chi connectivity index (χ4n) is 3.07. The molecule has 21 heavy (non-hydrogen) atoms. The van der Waals surface area contributed by atoms with Gasteiger partial charge in [0.2, 0.25) is 0 Å². The standard InChI is InChI=1S/C20H44N/c1-6-7-8-9-10-11-12-13-14-15-18-21(4,5)19-16-17-20(2)3/h20H,6-19H2,1-5H3/q+1. The van der Waals surface area contributed by atoms with Gasteiger partial charge in [-0.1, -0.05) is 72.1 Å². The van der Waals surface area contributed by atoms with E-state index in [-0.39, 0.29) is 0 Å². The molecule has 0 aromatic heterocycles. The Morgan fingerprint density at radius 2 is 1.05 bits per heavy atom. The van der Waals surface area contributed by atoms with E-state index in [9.17, 15) is 0 Å². The van der Waals surface area contributed by atoms with Crippen LogP contribution in [0.3, 0.4) is 0 Å². The molecule has 128 valence electrons. The molecule has 0 saturated heterocycles. The van der Waals surface area contributed by atoms with Crippen LogP contribution in [-0.4, -0.2) is 31.7 Å². The van der Waals surface area contributed by atoms with Crippen LogP contribution >= 0.6 is 0 Å². The maximum Gasteiger partial charge on any atom is 0.0782 e. The van der Waals surface area contributed by atoms with E-state index in [2.05, 4.69) is 34.9 Å². The molecule has 0 spiro atoms. The maximum atomic E-state index is 2.41. The summed E-state index contributed by atoms with van der Waals surface area (Å²) in [7, 11) is 4.82. The monoisotopic (exact) mass is 298 g/mol. The summed E-state index contributed by atoms with van der Waals surface area (Å²) in [4.78, 5) is 0. The van der Waals surface area contributed by atoms with Crippen molar-refractivity contribution in [3.8, 4) is 0 Å². The van der Waals surface area contributed by atoms with Crippen LogP contribution < -0.4 is 0 Å². The molecule has 0 aliphatic heterocycles. The molecule has 0 N–H and O–H groups in total. The first-order chi connectivity index (χ1) is 9.98. The number of quaternary nitrogens is 1. The van der Waals surface area contributed by atoms with E-state index in [0.29, 0.717) is 0 Å². The molecule has 0 aromatic carbocycles. The molecule has 0 saturated carbocycles. The zero-order chi connectivity index (χ0) is 16.0. The average molecular weight is 299 g/mol. The van der Waals surface area contributed by atoms with Crippen molar-refractivity contribution in [3.05, 3.63) is 0 Å². The molecule has 0 atom stereocenters. The topological polar surface area (TPSA) is 0 Å². The van der Waals surface area contributed by atoms with Crippen molar-refractivity contribution in [2.75, 3.05) is 27.2 Å². The van der Waals surface area contributed by atoms with Crippen LogP contribution in [0.4, 0.5) is 0 Å². The van der Waals surface area contributed by atoms with Crippen LogP contribution in [0.15, 0.2) is 0 Å². The highest BCUT2D eigenvalue weighted by Gasteiger charge is 2.13. The number of rotatable bonds is 15. The van der Waals surface area contributed by atoms with Crippen molar-refractivity contribution in [2.24, 2.45) is 5.92 Å². The van der Waals surface area contributed by atoms with Gasteiger partial charge in [0, 0.05) is 0 Å². The molecule has 0 bridgehead atoms. The Bertz CT molecular complexity index is 208. The van der Waals surface area contributed by atoms with Crippen molar-refractivity contribution in [3.63, 3.8) is 0 Å². The van der Waals surface area contributed by atoms with Crippen molar-refractivity contribution in [1.29, 1.82) is 0 Å². The van der Waals surface area contributed by atoms with Gasteiger partial charge in [0.1, 0.15) is 0 Å². The van der Waals surface area contributed by atoms with Gasteiger partial charge in [0.05, 0.1) is 27.2 Å². The minimum atomic E-state index is 0.863. The fourth-order valence-corrected chi connectivity index (χ4v) is 3.07. The van der Waals surface area contributed by atoms with Crippen molar-refractivity contribution in [1.82, 2.24) is 0 Å². The van der Waals surface area contributed by atoms with Crippen LogP contribution in [0, 0.1) is 5.92 Å². The van der Waals surface area contributed by atoms with Crippen LogP contribution in [0.5, 0.6) is 0 Å². The summed E-state index contributed by atoms with van der Waals surface area (Å²) >= 11 is 0. The van der Waals surface area contributed by atoms with Crippen LogP contribution in [0.1, 0.15) is 97.8 Å². The number of hydrogen-bond donors (Lipinski definition) is 0. The summed E-state index contributed by atoms with van der Waals surface area (Å²) in [6.07, 6.45) is 17.2. The number of unbranched alkanes of at least 4 members (excludes halogenated alkanes) is 9. The molecule has 0 aliphatic rings. The molecular weight excluding hydrogens is 254 g/mol. The van der Waals surface area contributed by atoms with Crippen LogP contribution in [-0.2, 0) is 0 Å². The first-order valence-electron chi connectivity index (χ1n) is 9.80. The first kappa shape index (κ1) is 21.0. The van der Waals surface area contributed by atoms with E-state index in [1.165, 1.54) is 94.6 Å². The van der Waals surface area contributed by atoms with Crippen LogP contribution in [0.25, 0.3) is 0 Å². The Balaban J connectivity index is 3.32. The van der Waals surface area contributed by atoms with Gasteiger partial charge in [0.15, 0.2) is 0 Å². The minimum absolute atomic E-state index is 0.863. The molecular formula is C20H44N+. The van der Waals surface area contributed by atoms with E-state index in [0.717, 1.165) is 5.92 Å². The highest BCUT2D eigenvalue weighted by molar-refractivity contribution is 4.49. The van der Waals surface area contributed by atoms with Gasteiger partial charge in [-0.2, -0.15) is 0 Å². The second kappa shape index (κ2) is 13.6. The Morgan fingerprint density at radius 1 is 0.619 bits per heavy atom. The van der Waals surface area contributed by atoms with Crippen molar-refractivity contribution in [2.45, 2.75) is 97.8 Å². The third-order valence-electron chi connectivity index (χ3n) is 4.66. The Kier molecular flexibility index (Phi) is 13.6. The maximum absolute atomic E-state index is 2.41. The molecule has 0 aliphatic carbocycles. The summed E-state index contributed by atoms with van der Waals surface area (Å²) in [5.74, 6) is 0.863. The normalized spacial score (nSPS) is 12.3. The van der Waals surface area contributed by atoms with Crippen molar-refractivity contribution < 1.29 is 4.48 Å². The lowest BCUT2D eigenvalue weighted by Gasteiger charge is -2.30. The second-order valence-electron chi connectivity index (χ2n) is 8.10. The lowest BCUT2D eigenvalue weighted by molar-refractivity contribution is -0.890. The fraction of sp³-hybridized carbons (Fsp3) is 1.00. The lowest BCUT2D eigenvalue weighted by Crippen LogP contribution is -2.41. The quantitative estimate of drug-likeness (QED) is 0.242. The van der Waals surface area contributed by atoms with E-state index in [1.54, 1.807) is 0 Å². The molecule has 0 radical (unpaired) electrons. The number of nitrogens with zero attached hydrogens (tertiary/aromatic N) is 1. The summed E-state index contributed by atoms with van der Waals surface area (Å²) in [6, 6.07) is 0. The summed E-state index contributed by atoms with van der Waals surface area (Å²) in [5, 5.41) is 0. The third kappa shape index (κ3) is 16.2. The Labute approximate surface area is 136 Å². The molecule has 1 heteroatoms. The highest BCUT2D eigenvalue weighted by Crippen LogP contribution is 2.13. The van der Waals surface area contributed by atoms with Gasteiger partial charge in [-0.15, -0.1) is 0 Å². The average Bonchev–Trinajstić information content (AvgIpc) is 2.40. The molecule has 0 unspecified atom stereocenters. The Morgan fingerprint density at radius 3 is 1.52 bits per heavy atom. The third-order valence-corrected chi connectivity index (χ3v) is 4.66. The van der Waals surface area contributed by atoms with E-state index >= 15 is 0 Å². The molecule has 0 amide bonds. The predicted molar refractivity (Wildman–Crippen MR) is 97.8 cm³/mol. The highest BCUT2D eigenvalue weighted by atomic mass is 15.3. The first-order valence-corrected chi connectivity index (χ1v) is 9.80. The molecule has 0 heterocycles. The van der Waals surface area contributed by atoms with E-state index in [1.807, 2.05) is 0 Å². The smallest absolute Gasteiger partial charge is 0.0782 e. The largest absolute Gasteiger partial charge is 0.328 e. The van der Waals surface area contributed by atoms with Gasteiger partial charge in [0.25, 0.3) is 0 Å². The van der Waals surface area contributed by atoms with Gasteiger partial charge in [-0.05, 0) is 31.6 Å². The zero-order valence-electron chi connectivity index (χ0n) is 15.9. The van der Waals surface area contributed by atoms with Gasteiger partial charge in [-0.25, -0.2) is 0 Å². The van der Waals surface area contributed by atoms with Gasteiger partial charge >= 0.3 is 0 Å². The lowest BCUT2D eigenvalue weighted by atomic mass is 10.1. The molecule has 0 fully saturated rings. The summed E-state index contributed by atoms with van der Waals surface area (Å²) in [5.41, 5.74) is 0. The number of hydrogen-bond acceptors (Lipinski definition) is 0. The van der Waals surface area contributed by atoms with Gasteiger partial charge in [-0.3, -0.25) is 0 Å². The molecule has 1 nitrogen and oxygen atoms in total. The van der Waals surface area contributed by atoms with Gasteiger partial charge < -0.3 is 4.48 Å². The van der Waals surface area contributed by atoms with Crippen molar-refractivity contribution >= 4 is 0 Å². The zero-order valence-corrected chi connectivity index (χ0v) is 15.9. The van der Waals surface area contributed by atoms with E-state index in [4.69, 9.17) is 0 Å². The summed E-state index contributed by atoms with van der Waals surface area (Å²) < 4.78 is 1.23. The van der Waals surface area contributed by atoms with Crippen LogP contribution in [0.2, 0.25) is 0 Å². The van der Waals surface area contributed by atoms with E-state index < -0.39 is 0 Å². The molecule has 0 rings (SSSR count). The second-order valence-corrected chi connectivity index (χ2v) is 8.10. The summed E-state index contributed by atoms with van der Waals surface area (Å²) in [6.45, 7) is 9.69. The minimum Gasteiger partial charge on any atom is -0.328 e. The Hall–Kier alpha value is -0.0400. The molecule has 0 aromatic rings.